The van der Waals surface area contributed by atoms with Crippen molar-refractivity contribution in [2.45, 2.75) is 26.3 Å². The second-order valence-corrected chi connectivity index (χ2v) is 10.9. The van der Waals surface area contributed by atoms with Crippen LogP contribution in [0.1, 0.15) is 30.9 Å². The van der Waals surface area contributed by atoms with Crippen molar-refractivity contribution in [1.29, 1.82) is 0 Å². The van der Waals surface area contributed by atoms with E-state index in [2.05, 4.69) is 5.32 Å². The van der Waals surface area contributed by atoms with Gasteiger partial charge >= 0.3 is 13.6 Å². The molecule has 1 heterocycles. The molecule has 1 atom stereocenters. The summed E-state index contributed by atoms with van der Waals surface area (Å²) < 4.78 is 29.8. The molecule has 1 unspecified atom stereocenters. The molecule has 0 aromatic heterocycles. The average molecular weight is 530 g/mol. The molecular weight excluding hydrogens is 497 g/mol. The summed E-state index contributed by atoms with van der Waals surface area (Å²) >= 11 is 0. The number of likely N-dealkylation sites (N-methyl/N-ethyl adjacent to an activating group) is 1. The highest BCUT2D eigenvalue weighted by Crippen LogP contribution is 2.63. The van der Waals surface area contributed by atoms with Gasteiger partial charge in [-0.1, -0.05) is 42.5 Å². The van der Waals surface area contributed by atoms with Crippen LogP contribution in [0, 0.1) is 10.1 Å². The van der Waals surface area contributed by atoms with E-state index in [4.69, 9.17) is 13.8 Å². The van der Waals surface area contributed by atoms with E-state index in [9.17, 15) is 19.5 Å². The van der Waals surface area contributed by atoms with Crippen molar-refractivity contribution in [1.82, 2.24) is 10.2 Å². The second kappa shape index (κ2) is 12.3. The first-order chi connectivity index (χ1) is 17.6. The Bertz CT molecular complexity index is 1250. The minimum absolute atomic E-state index is 0.116. The second-order valence-electron chi connectivity index (χ2n) is 8.68. The van der Waals surface area contributed by atoms with Crippen LogP contribution in [-0.2, 0) is 29.7 Å². The molecule has 2 aromatic carbocycles. The van der Waals surface area contributed by atoms with Crippen LogP contribution in [0.3, 0.4) is 0 Å². The van der Waals surface area contributed by atoms with Crippen molar-refractivity contribution in [2.24, 2.45) is 0 Å². The highest BCUT2D eigenvalue weighted by atomic mass is 31.2. The Hall–Kier alpha value is -3.30. The summed E-state index contributed by atoms with van der Waals surface area (Å²) in [6.45, 7) is 4.68. The summed E-state index contributed by atoms with van der Waals surface area (Å²) in [4.78, 5) is 26.4. The minimum Gasteiger partial charge on any atom is -0.461 e. The number of non-ortho nitro benzene ring substituents is 1. The third-order valence-corrected chi connectivity index (χ3v) is 8.28. The van der Waals surface area contributed by atoms with E-state index < -0.39 is 24.4 Å². The van der Waals surface area contributed by atoms with Gasteiger partial charge in [-0.25, -0.2) is 4.79 Å². The first-order valence-electron chi connectivity index (χ1n) is 11.7. The van der Waals surface area contributed by atoms with Crippen LogP contribution in [0.4, 0.5) is 5.69 Å². The zero-order valence-corrected chi connectivity index (χ0v) is 22.5. The van der Waals surface area contributed by atoms with E-state index in [1.807, 2.05) is 42.3 Å². The van der Waals surface area contributed by atoms with Crippen molar-refractivity contribution in [3.05, 3.63) is 98.1 Å². The van der Waals surface area contributed by atoms with E-state index in [1.54, 1.807) is 19.9 Å². The number of hydrogen-bond acceptors (Lipinski definition) is 9. The fourth-order valence-corrected chi connectivity index (χ4v) is 5.98. The summed E-state index contributed by atoms with van der Waals surface area (Å²) in [5.74, 6) is -1.57. The molecule has 0 aliphatic carbocycles. The highest BCUT2D eigenvalue weighted by Gasteiger charge is 2.44. The van der Waals surface area contributed by atoms with Gasteiger partial charge in [0.15, 0.2) is 0 Å². The number of carbonyl (C=O) groups excluding carboxylic acids is 1. The summed E-state index contributed by atoms with van der Waals surface area (Å²) in [7, 11) is 0.569. The number of allylic oxidation sites excluding steroid dienone is 3. The maximum Gasteiger partial charge on any atom is 0.359 e. The van der Waals surface area contributed by atoms with Crippen molar-refractivity contribution in [2.75, 3.05) is 34.4 Å². The predicted molar refractivity (Wildman–Crippen MR) is 140 cm³/mol. The van der Waals surface area contributed by atoms with Gasteiger partial charge in [-0.05, 0) is 32.0 Å². The number of ether oxygens (including phenoxy) is 1. The SMILES string of the molecule is COP(=O)(OC)C1=C(C)NC(C)=C(C(=O)OCCN(C)Cc2ccccc2)C1c1cccc([N+](=O)[O-])c1. The highest BCUT2D eigenvalue weighted by molar-refractivity contribution is 7.58. The van der Waals surface area contributed by atoms with E-state index >= 15 is 0 Å². The lowest BCUT2D eigenvalue weighted by Gasteiger charge is -2.33. The molecule has 11 heteroatoms. The zero-order valence-electron chi connectivity index (χ0n) is 21.6. The summed E-state index contributed by atoms with van der Waals surface area (Å²) in [5.41, 5.74) is 2.51. The number of esters is 1. The molecule has 3 rings (SSSR count). The smallest absolute Gasteiger partial charge is 0.359 e. The van der Waals surface area contributed by atoms with Crippen molar-refractivity contribution in [3.8, 4) is 0 Å². The fourth-order valence-electron chi connectivity index (χ4n) is 4.38. The predicted octanol–water partition coefficient (Wildman–Crippen LogP) is 4.95. The molecule has 0 spiro atoms. The van der Waals surface area contributed by atoms with Gasteiger partial charge in [-0.2, -0.15) is 0 Å². The first kappa shape index (κ1) is 28.3. The molecule has 1 N–H and O–H groups in total. The van der Waals surface area contributed by atoms with Crippen LogP contribution in [-0.4, -0.2) is 50.2 Å². The maximum atomic E-state index is 13.6. The Kier molecular flexibility index (Phi) is 9.39. The molecular formula is C26H32N3O7P. The van der Waals surface area contributed by atoms with Gasteiger partial charge in [-0.3, -0.25) is 19.6 Å². The lowest BCUT2D eigenvalue weighted by atomic mass is 9.86. The lowest BCUT2D eigenvalue weighted by Crippen LogP contribution is -2.31. The monoisotopic (exact) mass is 529 g/mol. The molecule has 0 amide bonds. The number of nitrogens with zero attached hydrogens (tertiary/aromatic N) is 2. The van der Waals surface area contributed by atoms with Crippen molar-refractivity contribution >= 4 is 19.3 Å². The van der Waals surface area contributed by atoms with Crippen molar-refractivity contribution in [3.63, 3.8) is 0 Å². The Morgan fingerprint density at radius 2 is 1.76 bits per heavy atom. The molecule has 0 fully saturated rings. The summed E-state index contributed by atoms with van der Waals surface area (Å²) in [6.07, 6.45) is 0. The van der Waals surface area contributed by atoms with Gasteiger partial charge in [-0.15, -0.1) is 0 Å². The number of nitro groups is 1. The Labute approximate surface area is 216 Å². The van der Waals surface area contributed by atoms with Gasteiger partial charge < -0.3 is 19.1 Å². The Morgan fingerprint density at radius 3 is 2.38 bits per heavy atom. The molecule has 0 saturated heterocycles. The van der Waals surface area contributed by atoms with Gasteiger partial charge in [0.2, 0.25) is 0 Å². The third kappa shape index (κ3) is 6.53. The molecule has 198 valence electrons. The van der Waals surface area contributed by atoms with Gasteiger partial charge in [0.25, 0.3) is 5.69 Å². The quantitative estimate of drug-likeness (QED) is 0.187. The maximum absolute atomic E-state index is 13.6. The number of carbonyl (C=O) groups is 1. The van der Waals surface area contributed by atoms with E-state index in [1.165, 1.54) is 32.4 Å². The molecule has 37 heavy (non-hydrogen) atoms. The average Bonchev–Trinajstić information content (AvgIpc) is 2.88. The molecule has 10 nitrogen and oxygen atoms in total. The van der Waals surface area contributed by atoms with Gasteiger partial charge in [0.05, 0.1) is 21.7 Å². The van der Waals surface area contributed by atoms with E-state index in [-0.39, 0.29) is 23.2 Å². The largest absolute Gasteiger partial charge is 0.461 e. The Morgan fingerprint density at radius 1 is 1.08 bits per heavy atom. The lowest BCUT2D eigenvalue weighted by molar-refractivity contribution is -0.384. The fraction of sp³-hybridized carbons (Fsp3) is 0.346. The van der Waals surface area contributed by atoms with Crippen LogP contribution in [0.5, 0.6) is 0 Å². The van der Waals surface area contributed by atoms with Crippen LogP contribution < -0.4 is 5.32 Å². The number of benzene rings is 2. The zero-order chi connectivity index (χ0) is 27.2. The summed E-state index contributed by atoms with van der Waals surface area (Å²) in [6, 6.07) is 15.8. The van der Waals surface area contributed by atoms with Crippen LogP contribution in [0.15, 0.2) is 76.9 Å². The standard InChI is InChI=1S/C26H32N3O7P/c1-18-23(26(30)36-15-14-28(3)17-20-10-7-6-8-11-20)24(21-12-9-13-22(16-21)29(31)32)25(19(2)27-18)37(33,34-4)35-5/h6-13,16,24,27H,14-15,17H2,1-5H3. The molecule has 0 saturated carbocycles. The normalized spacial score (nSPS) is 16.1. The van der Waals surface area contributed by atoms with Crippen LogP contribution >= 0.6 is 7.60 Å². The number of hydrogen-bond donors (Lipinski definition) is 1. The molecule has 0 bridgehead atoms. The van der Waals surface area contributed by atoms with Crippen LogP contribution in [0.2, 0.25) is 0 Å². The van der Waals surface area contributed by atoms with E-state index in [0.29, 0.717) is 30.0 Å². The number of rotatable bonds is 11. The molecule has 1 aliphatic heterocycles. The number of nitrogens with one attached hydrogen (secondary N) is 1. The van der Waals surface area contributed by atoms with Gasteiger partial charge in [0, 0.05) is 50.8 Å². The summed E-state index contributed by atoms with van der Waals surface area (Å²) in [5, 5.41) is 14.8. The Balaban J connectivity index is 1.91. The topological polar surface area (TPSA) is 120 Å². The molecule has 2 aromatic rings. The van der Waals surface area contributed by atoms with Gasteiger partial charge in [0.1, 0.15) is 6.61 Å². The first-order valence-corrected chi connectivity index (χ1v) is 13.2. The van der Waals surface area contributed by atoms with Crippen molar-refractivity contribution < 1.29 is 28.1 Å². The molecule has 1 aliphatic rings. The third-order valence-electron chi connectivity index (χ3n) is 6.14. The number of nitro benzene ring substituents is 1. The van der Waals surface area contributed by atoms with E-state index in [0.717, 1.165) is 5.56 Å². The minimum atomic E-state index is -3.86. The number of dihydropyridines is 1. The molecule has 0 radical (unpaired) electrons. The van der Waals surface area contributed by atoms with Crippen LogP contribution in [0.25, 0.3) is 0 Å².